The summed E-state index contributed by atoms with van der Waals surface area (Å²) >= 11 is 0. The third kappa shape index (κ3) is 3.38. The Morgan fingerprint density at radius 1 is 1.40 bits per heavy atom. The highest BCUT2D eigenvalue weighted by Crippen LogP contribution is 2.35. The molecule has 1 aliphatic carbocycles. The standard InChI is InChI=1S/C11H22F2N2/c1-8-3-4-11(7-14,5-9(8)2)15-6-10(12)13/h8-10,15H,3-7,14H2,1-2H3. The molecular weight excluding hydrogens is 198 g/mol. The first-order valence-corrected chi connectivity index (χ1v) is 5.72. The molecule has 1 fully saturated rings. The number of halogens is 2. The molecule has 0 aromatic carbocycles. The second kappa shape index (κ2) is 5.21. The predicted octanol–water partition coefficient (Wildman–Crippen LogP) is 1.99. The number of nitrogens with one attached hydrogen (secondary N) is 1. The van der Waals surface area contributed by atoms with Crippen molar-refractivity contribution in [2.45, 2.75) is 45.1 Å². The van der Waals surface area contributed by atoms with E-state index in [1.54, 1.807) is 0 Å². The topological polar surface area (TPSA) is 38.0 Å². The molecule has 0 amide bonds. The Bertz CT molecular complexity index is 199. The minimum absolute atomic E-state index is 0.238. The molecule has 3 N–H and O–H groups in total. The van der Waals surface area contributed by atoms with Gasteiger partial charge in [-0.15, -0.1) is 0 Å². The fraction of sp³-hybridized carbons (Fsp3) is 1.00. The van der Waals surface area contributed by atoms with Gasteiger partial charge in [0.05, 0.1) is 6.54 Å². The predicted molar refractivity (Wildman–Crippen MR) is 58.0 cm³/mol. The minimum Gasteiger partial charge on any atom is -0.329 e. The Kier molecular flexibility index (Phi) is 4.46. The van der Waals surface area contributed by atoms with Crippen LogP contribution >= 0.6 is 0 Å². The number of alkyl halides is 2. The molecule has 1 rings (SSSR count). The van der Waals surface area contributed by atoms with Gasteiger partial charge in [-0.05, 0) is 31.1 Å². The summed E-state index contributed by atoms with van der Waals surface area (Å²) in [6, 6.07) is 0. The lowest BCUT2D eigenvalue weighted by Gasteiger charge is -2.43. The van der Waals surface area contributed by atoms with E-state index < -0.39 is 6.43 Å². The van der Waals surface area contributed by atoms with Gasteiger partial charge in [-0.25, -0.2) is 8.78 Å². The number of hydrogen-bond donors (Lipinski definition) is 2. The molecule has 0 radical (unpaired) electrons. The highest BCUT2D eigenvalue weighted by molar-refractivity contribution is 4.95. The van der Waals surface area contributed by atoms with Gasteiger partial charge in [0, 0.05) is 12.1 Å². The lowest BCUT2D eigenvalue weighted by Crippen LogP contribution is -2.56. The van der Waals surface area contributed by atoms with Gasteiger partial charge in [-0.3, -0.25) is 0 Å². The average molecular weight is 220 g/mol. The van der Waals surface area contributed by atoms with Crippen LogP contribution in [0.15, 0.2) is 0 Å². The van der Waals surface area contributed by atoms with E-state index in [0.717, 1.165) is 19.3 Å². The molecule has 0 saturated heterocycles. The van der Waals surface area contributed by atoms with Crippen molar-refractivity contribution in [3.63, 3.8) is 0 Å². The zero-order chi connectivity index (χ0) is 11.5. The summed E-state index contributed by atoms with van der Waals surface area (Å²) < 4.78 is 24.3. The fourth-order valence-electron chi connectivity index (χ4n) is 2.42. The van der Waals surface area contributed by atoms with E-state index in [-0.39, 0.29) is 12.1 Å². The molecule has 2 nitrogen and oxygen atoms in total. The fourth-order valence-corrected chi connectivity index (χ4v) is 2.42. The van der Waals surface area contributed by atoms with E-state index in [4.69, 9.17) is 5.73 Å². The van der Waals surface area contributed by atoms with Crippen LogP contribution in [0.3, 0.4) is 0 Å². The molecule has 3 atom stereocenters. The lowest BCUT2D eigenvalue weighted by molar-refractivity contribution is 0.0975. The van der Waals surface area contributed by atoms with Gasteiger partial charge in [0.1, 0.15) is 0 Å². The van der Waals surface area contributed by atoms with Crippen LogP contribution in [0.4, 0.5) is 8.78 Å². The van der Waals surface area contributed by atoms with Crippen molar-refractivity contribution in [2.75, 3.05) is 13.1 Å². The maximum atomic E-state index is 12.2. The van der Waals surface area contributed by atoms with E-state index >= 15 is 0 Å². The second-order valence-corrected chi connectivity index (χ2v) is 4.95. The van der Waals surface area contributed by atoms with Crippen molar-refractivity contribution in [3.05, 3.63) is 0 Å². The third-order valence-electron chi connectivity index (χ3n) is 3.78. The minimum atomic E-state index is -2.29. The first-order chi connectivity index (χ1) is 6.99. The summed E-state index contributed by atoms with van der Waals surface area (Å²) in [5.41, 5.74) is 5.48. The molecule has 1 aliphatic rings. The molecule has 0 aliphatic heterocycles. The SMILES string of the molecule is CC1CCC(CN)(NCC(F)F)CC1C. The Morgan fingerprint density at radius 2 is 2.07 bits per heavy atom. The summed E-state index contributed by atoms with van der Waals surface area (Å²) in [5, 5.41) is 2.96. The monoisotopic (exact) mass is 220 g/mol. The highest BCUT2D eigenvalue weighted by atomic mass is 19.3. The molecule has 4 heteroatoms. The molecule has 0 aromatic heterocycles. The van der Waals surface area contributed by atoms with Crippen molar-refractivity contribution in [2.24, 2.45) is 17.6 Å². The van der Waals surface area contributed by atoms with E-state index in [9.17, 15) is 8.78 Å². The van der Waals surface area contributed by atoms with Crippen LogP contribution in [0.5, 0.6) is 0 Å². The van der Waals surface area contributed by atoms with E-state index in [2.05, 4.69) is 19.2 Å². The summed E-state index contributed by atoms with van der Waals surface area (Å²) in [6.07, 6.45) is 0.622. The van der Waals surface area contributed by atoms with Gasteiger partial charge >= 0.3 is 0 Å². The Labute approximate surface area is 90.6 Å². The number of nitrogens with two attached hydrogens (primary N) is 1. The van der Waals surface area contributed by atoms with Crippen LogP contribution in [-0.4, -0.2) is 25.1 Å². The molecular formula is C11H22F2N2. The van der Waals surface area contributed by atoms with Crippen molar-refractivity contribution < 1.29 is 8.78 Å². The zero-order valence-electron chi connectivity index (χ0n) is 9.60. The molecule has 1 saturated carbocycles. The molecule has 0 spiro atoms. The van der Waals surface area contributed by atoms with Crippen LogP contribution in [0.25, 0.3) is 0 Å². The van der Waals surface area contributed by atoms with Crippen LogP contribution in [0, 0.1) is 11.8 Å². The van der Waals surface area contributed by atoms with E-state index in [1.165, 1.54) is 0 Å². The lowest BCUT2D eigenvalue weighted by atomic mass is 9.71. The normalized spacial score (nSPS) is 37.2. The van der Waals surface area contributed by atoms with Crippen LogP contribution in [0.2, 0.25) is 0 Å². The van der Waals surface area contributed by atoms with Gasteiger partial charge in [-0.2, -0.15) is 0 Å². The van der Waals surface area contributed by atoms with Crippen molar-refractivity contribution in [3.8, 4) is 0 Å². The van der Waals surface area contributed by atoms with E-state index in [0.29, 0.717) is 18.4 Å². The van der Waals surface area contributed by atoms with Gasteiger partial charge in [0.25, 0.3) is 6.43 Å². The van der Waals surface area contributed by atoms with Crippen LogP contribution < -0.4 is 11.1 Å². The number of hydrogen-bond acceptors (Lipinski definition) is 2. The molecule has 90 valence electrons. The van der Waals surface area contributed by atoms with Gasteiger partial charge in [-0.1, -0.05) is 13.8 Å². The smallest absolute Gasteiger partial charge is 0.250 e. The molecule has 3 unspecified atom stereocenters. The van der Waals surface area contributed by atoms with Crippen LogP contribution in [-0.2, 0) is 0 Å². The summed E-state index contributed by atoms with van der Waals surface area (Å²) in [4.78, 5) is 0. The Morgan fingerprint density at radius 3 is 2.53 bits per heavy atom. The first kappa shape index (κ1) is 12.8. The zero-order valence-corrected chi connectivity index (χ0v) is 9.60. The maximum absolute atomic E-state index is 12.2. The molecule has 0 aromatic rings. The molecule has 15 heavy (non-hydrogen) atoms. The highest BCUT2D eigenvalue weighted by Gasteiger charge is 2.36. The van der Waals surface area contributed by atoms with Gasteiger partial charge in [0.15, 0.2) is 0 Å². The van der Waals surface area contributed by atoms with Crippen LogP contribution in [0.1, 0.15) is 33.1 Å². The quantitative estimate of drug-likeness (QED) is 0.760. The third-order valence-corrected chi connectivity index (χ3v) is 3.78. The molecule has 0 heterocycles. The largest absolute Gasteiger partial charge is 0.329 e. The summed E-state index contributed by atoms with van der Waals surface area (Å²) in [6.45, 7) is 4.62. The average Bonchev–Trinajstić information content (AvgIpc) is 2.20. The maximum Gasteiger partial charge on any atom is 0.250 e. The first-order valence-electron chi connectivity index (χ1n) is 5.72. The number of rotatable bonds is 4. The Balaban J connectivity index is 2.53. The summed E-state index contributed by atoms with van der Waals surface area (Å²) in [7, 11) is 0. The van der Waals surface area contributed by atoms with Crippen molar-refractivity contribution in [1.29, 1.82) is 0 Å². The van der Waals surface area contributed by atoms with Gasteiger partial charge < -0.3 is 11.1 Å². The van der Waals surface area contributed by atoms with Crippen molar-refractivity contribution in [1.82, 2.24) is 5.32 Å². The van der Waals surface area contributed by atoms with Gasteiger partial charge in [0.2, 0.25) is 0 Å². The van der Waals surface area contributed by atoms with E-state index in [1.807, 2.05) is 0 Å². The summed E-state index contributed by atoms with van der Waals surface area (Å²) in [5.74, 6) is 1.24. The Hall–Kier alpha value is -0.220. The van der Waals surface area contributed by atoms with Crippen molar-refractivity contribution >= 4 is 0 Å². The second-order valence-electron chi connectivity index (χ2n) is 4.95. The molecule has 0 bridgehead atoms.